The van der Waals surface area contributed by atoms with Crippen LogP contribution in [0.5, 0.6) is 11.5 Å². The third-order valence-corrected chi connectivity index (χ3v) is 12.8. The number of hydrogen-bond acceptors (Lipinski definition) is 5. The molecule has 342 valence electrons. The minimum Gasteiger partial charge on any atom is -0.509 e. The third kappa shape index (κ3) is 8.73. The van der Waals surface area contributed by atoms with Gasteiger partial charge in [-0.25, -0.2) is 4.98 Å². The van der Waals surface area contributed by atoms with E-state index in [0.717, 1.165) is 61.5 Å². The van der Waals surface area contributed by atoms with Gasteiger partial charge in [0.25, 0.3) is 0 Å². The molecule has 3 heterocycles. The Morgan fingerprint density at radius 2 is 1.26 bits per heavy atom. The summed E-state index contributed by atoms with van der Waals surface area (Å²) < 4.78 is 8.81. The summed E-state index contributed by atoms with van der Waals surface area (Å²) in [6.45, 7) is 22.4. The molecule has 0 amide bonds. The molecule has 7 heteroatoms. The molecule has 0 radical (unpaired) electrons. The number of para-hydroxylation sites is 2. The number of pyridine rings is 1. The summed E-state index contributed by atoms with van der Waals surface area (Å²) in [7, 11) is 0. The van der Waals surface area contributed by atoms with Crippen molar-refractivity contribution in [2.24, 2.45) is 0 Å². The SMILES string of the molecule is CC(C)(C)c1ccc(-c2cnc(-n3c4[c-]c(Oc5[c-]c(N6[CH-]N(c7cc(-c8ccccc8)cc(C(C)(C)C)c7)c7ccccc76)ccc5)ccc4c4cc(C#N)ccc43)cc2C(C)(C)C)cc1.[Pt]. The van der Waals surface area contributed by atoms with Crippen LogP contribution in [0.15, 0.2) is 158 Å². The number of ether oxygens (including phenoxy) is 1. The molecule has 0 fully saturated rings. The van der Waals surface area contributed by atoms with Gasteiger partial charge < -0.3 is 19.1 Å². The molecule has 0 saturated heterocycles. The van der Waals surface area contributed by atoms with Crippen LogP contribution in [-0.2, 0) is 37.3 Å². The summed E-state index contributed by atoms with van der Waals surface area (Å²) in [4.78, 5) is 9.60. The molecule has 0 N–H and O–H groups in total. The summed E-state index contributed by atoms with van der Waals surface area (Å²) in [6.07, 6.45) is 2.00. The summed E-state index contributed by atoms with van der Waals surface area (Å²) in [6, 6.07) is 62.4. The van der Waals surface area contributed by atoms with E-state index in [1.807, 2.05) is 42.6 Å². The topological polar surface area (TPSA) is 57.3 Å². The molecule has 1 aliphatic rings. The van der Waals surface area contributed by atoms with Gasteiger partial charge in [0, 0.05) is 66.9 Å². The minimum absolute atomic E-state index is 0. The van der Waals surface area contributed by atoms with E-state index in [-0.39, 0.29) is 37.3 Å². The Morgan fingerprint density at radius 3 is 1.96 bits per heavy atom. The number of hydrogen-bond donors (Lipinski definition) is 0. The Balaban J connectivity index is 0.00000578. The van der Waals surface area contributed by atoms with Crippen molar-refractivity contribution in [3.63, 3.8) is 0 Å². The number of nitrogens with zero attached hydrogens (tertiary/aromatic N) is 5. The smallest absolute Gasteiger partial charge is 0.135 e. The van der Waals surface area contributed by atoms with Crippen molar-refractivity contribution in [2.45, 2.75) is 78.6 Å². The van der Waals surface area contributed by atoms with Crippen molar-refractivity contribution in [1.29, 1.82) is 5.26 Å². The number of fused-ring (bicyclic) bond motifs is 4. The Bertz CT molecular complexity index is 3380. The number of aromatic nitrogens is 2. The van der Waals surface area contributed by atoms with Crippen LogP contribution in [0.4, 0.5) is 22.7 Å². The van der Waals surface area contributed by atoms with Gasteiger partial charge in [0.1, 0.15) is 5.82 Å². The standard InChI is InChI=1S/C61H54N5O.Pt/c1-59(2,3)44-25-23-42(24-26-44)52-38-63-58(36-53(52)61(7,8)9)66-54-29-22-40(37-62)30-51(54)50-28-27-49(35-57(50)66)67-48-19-15-18-46(34-48)64-39-65(56-21-14-13-20-55(56)64)47-32-43(41-16-11-10-12-17-41)31-45(33-47)60(4,5)6;/h10-33,36,38-39H,1-9H3;/q-3;. The van der Waals surface area contributed by atoms with E-state index in [4.69, 9.17) is 9.72 Å². The molecule has 6 nitrogen and oxygen atoms in total. The van der Waals surface area contributed by atoms with Crippen LogP contribution in [-0.4, -0.2) is 9.55 Å². The monoisotopic (exact) mass is 1070 g/mol. The zero-order valence-corrected chi connectivity index (χ0v) is 42.3. The maximum Gasteiger partial charge on any atom is 0.135 e. The van der Waals surface area contributed by atoms with Gasteiger partial charge in [0.2, 0.25) is 0 Å². The Morgan fingerprint density at radius 1 is 0.574 bits per heavy atom. The first-order valence-electron chi connectivity index (χ1n) is 23.0. The quantitative estimate of drug-likeness (QED) is 0.149. The Kier molecular flexibility index (Phi) is 12.0. The minimum atomic E-state index is -0.187. The Labute approximate surface area is 415 Å². The maximum absolute atomic E-state index is 9.94. The summed E-state index contributed by atoms with van der Waals surface area (Å²) in [5.74, 6) is 1.86. The van der Waals surface area contributed by atoms with E-state index >= 15 is 0 Å². The van der Waals surface area contributed by atoms with Crippen LogP contribution in [0.3, 0.4) is 0 Å². The van der Waals surface area contributed by atoms with Crippen molar-refractivity contribution < 1.29 is 25.8 Å². The van der Waals surface area contributed by atoms with Crippen molar-refractivity contribution in [1.82, 2.24) is 9.55 Å². The van der Waals surface area contributed by atoms with Crippen molar-refractivity contribution in [2.75, 3.05) is 9.80 Å². The van der Waals surface area contributed by atoms with Gasteiger partial charge in [-0.1, -0.05) is 141 Å². The van der Waals surface area contributed by atoms with Crippen molar-refractivity contribution in [3.8, 4) is 45.6 Å². The molecule has 68 heavy (non-hydrogen) atoms. The fourth-order valence-electron chi connectivity index (χ4n) is 9.10. The summed E-state index contributed by atoms with van der Waals surface area (Å²) in [5.41, 5.74) is 14.5. The average molecular weight is 1070 g/mol. The molecule has 0 saturated carbocycles. The van der Waals surface area contributed by atoms with Crippen LogP contribution in [0.25, 0.3) is 49.9 Å². The van der Waals surface area contributed by atoms with E-state index in [1.54, 1.807) is 0 Å². The zero-order valence-electron chi connectivity index (χ0n) is 40.0. The van der Waals surface area contributed by atoms with Crippen LogP contribution in [0.2, 0.25) is 0 Å². The van der Waals surface area contributed by atoms with Crippen LogP contribution < -0.4 is 14.5 Å². The van der Waals surface area contributed by atoms with Gasteiger partial charge >= 0.3 is 0 Å². The van der Waals surface area contributed by atoms with Gasteiger partial charge in [-0.3, -0.25) is 0 Å². The van der Waals surface area contributed by atoms with Gasteiger partial charge in [-0.2, -0.15) is 17.4 Å². The van der Waals surface area contributed by atoms with Crippen molar-refractivity contribution >= 4 is 44.6 Å². The molecule has 2 aromatic heterocycles. The van der Waals surface area contributed by atoms with Gasteiger partial charge in [-0.05, 0) is 104 Å². The number of benzene rings is 7. The van der Waals surface area contributed by atoms with Crippen molar-refractivity contribution in [3.05, 3.63) is 199 Å². The van der Waals surface area contributed by atoms with E-state index < -0.39 is 0 Å². The molecule has 0 bridgehead atoms. The number of anilines is 4. The predicted molar refractivity (Wildman–Crippen MR) is 276 cm³/mol. The third-order valence-electron chi connectivity index (χ3n) is 12.8. The fraction of sp³-hybridized carbons (Fsp3) is 0.197. The van der Waals surface area contributed by atoms with Crippen LogP contribution in [0.1, 0.15) is 84.6 Å². The largest absolute Gasteiger partial charge is 0.509 e. The van der Waals surface area contributed by atoms with Crippen LogP contribution >= 0.6 is 0 Å². The second kappa shape index (κ2) is 17.6. The molecule has 7 aromatic carbocycles. The van der Waals surface area contributed by atoms with Gasteiger partial charge in [0.15, 0.2) is 0 Å². The molecule has 1 aliphatic heterocycles. The molecule has 0 spiro atoms. The first-order valence-corrected chi connectivity index (χ1v) is 23.0. The average Bonchev–Trinajstić information content (AvgIpc) is 3.86. The second-order valence-corrected chi connectivity index (χ2v) is 20.7. The Hall–Kier alpha value is -6.93. The van der Waals surface area contributed by atoms with E-state index in [0.29, 0.717) is 17.1 Å². The molecule has 0 atom stereocenters. The molecule has 10 rings (SSSR count). The fourth-order valence-corrected chi connectivity index (χ4v) is 9.10. The molecular formula is C61H54N5OPt-3. The predicted octanol–water partition coefficient (Wildman–Crippen LogP) is 16.1. The molecular weight excluding hydrogens is 1010 g/mol. The van der Waals surface area contributed by atoms with E-state index in [9.17, 15) is 5.26 Å². The first-order chi connectivity index (χ1) is 32.0. The number of rotatable bonds is 7. The summed E-state index contributed by atoms with van der Waals surface area (Å²) >= 11 is 0. The first kappa shape index (κ1) is 46.2. The van der Waals surface area contributed by atoms with Gasteiger partial charge in [-0.15, -0.1) is 48.1 Å². The molecule has 9 aromatic rings. The molecule has 0 aliphatic carbocycles. The summed E-state index contributed by atoms with van der Waals surface area (Å²) in [5, 5.41) is 11.8. The normalized spacial score (nSPS) is 12.8. The number of nitriles is 1. The van der Waals surface area contributed by atoms with Crippen LogP contribution in [0, 0.1) is 30.1 Å². The molecule has 0 unspecified atom stereocenters. The second-order valence-electron chi connectivity index (χ2n) is 20.7. The van der Waals surface area contributed by atoms with E-state index in [1.165, 1.54) is 27.8 Å². The zero-order chi connectivity index (χ0) is 46.8. The van der Waals surface area contributed by atoms with Gasteiger partial charge in [0.05, 0.1) is 11.6 Å². The van der Waals surface area contributed by atoms with E-state index in [2.05, 4.69) is 217 Å². The maximum atomic E-state index is 9.94.